The van der Waals surface area contributed by atoms with Gasteiger partial charge in [-0.05, 0) is 176 Å². The maximum Gasteiger partial charge on any atom is 0.501 e. The molecule has 0 spiro atoms. The van der Waals surface area contributed by atoms with E-state index in [2.05, 4.69) is 10.3 Å². The minimum atomic E-state index is -5.21. The molecule has 2 amide bonds. The molecule has 1 unspecified atom stereocenters. The lowest BCUT2D eigenvalue weighted by Gasteiger charge is -2.39. The predicted molar refractivity (Wildman–Crippen MR) is 477 cm³/mol. The third-order valence-electron chi connectivity index (χ3n) is 23.5. The van der Waals surface area contributed by atoms with E-state index in [-0.39, 0.29) is 151 Å². The van der Waals surface area contributed by atoms with Gasteiger partial charge in [0.15, 0.2) is 45.9 Å². The number of aliphatic hydroxyl groups is 5. The first-order chi connectivity index (χ1) is 64.3. The van der Waals surface area contributed by atoms with Gasteiger partial charge in [-0.25, -0.2) is 14.5 Å². The van der Waals surface area contributed by atoms with E-state index in [1.165, 1.54) is 123 Å². The second kappa shape index (κ2) is 43.0. The molecule has 0 bridgehead atoms. The van der Waals surface area contributed by atoms with Gasteiger partial charge in [0.2, 0.25) is 12.0 Å². The fourth-order valence-electron chi connectivity index (χ4n) is 16.5. The van der Waals surface area contributed by atoms with Gasteiger partial charge in [-0.1, -0.05) is 55.5 Å². The Morgan fingerprint density at radius 3 is 1.99 bits per heavy atom. The number of carbonyl (C=O) groups excluding carboxylic acids is 5. The molecule has 9 aromatic rings. The Balaban J connectivity index is 0.614. The summed E-state index contributed by atoms with van der Waals surface area (Å²) in [6.07, 6.45) is 3.13. The first kappa shape index (κ1) is 97.8. The molecule has 6 atom stereocenters. The molecule has 5 N–H and O–H groups in total. The van der Waals surface area contributed by atoms with Crippen LogP contribution in [0.15, 0.2) is 138 Å². The van der Waals surface area contributed by atoms with Gasteiger partial charge in [0.25, 0.3) is 17.4 Å². The number of fused-ring (bicyclic) bond motifs is 5. The number of cyclic esters (lactones) is 1. The summed E-state index contributed by atoms with van der Waals surface area (Å²) in [5, 5.41) is 62.2. The minimum absolute atomic E-state index is 0.0326. The predicted octanol–water partition coefficient (Wildman–Crippen LogP) is 8.01. The summed E-state index contributed by atoms with van der Waals surface area (Å²) in [4.78, 5) is 83.8. The average Bonchev–Trinajstić information content (AvgIpc) is 1.52. The quantitative estimate of drug-likeness (QED) is 0.00602. The van der Waals surface area contributed by atoms with Crippen LogP contribution in [0.25, 0.3) is 34.4 Å². The molecule has 714 valence electrons. The summed E-state index contributed by atoms with van der Waals surface area (Å²) in [7, 11) is -8.82. The van der Waals surface area contributed by atoms with Gasteiger partial charge in [0.1, 0.15) is 77.9 Å². The first-order valence-corrected chi connectivity index (χ1v) is 47.7. The number of ketones is 2. The summed E-state index contributed by atoms with van der Waals surface area (Å²) in [5.41, 5.74) is 2.16. The van der Waals surface area contributed by atoms with Crippen molar-refractivity contribution in [3.8, 4) is 68.9 Å². The summed E-state index contributed by atoms with van der Waals surface area (Å²) >= 11 is 0. The molecule has 3 aromatic heterocycles. The maximum atomic E-state index is 14.6. The van der Waals surface area contributed by atoms with Crippen LogP contribution in [-0.2, 0) is 130 Å². The van der Waals surface area contributed by atoms with Crippen molar-refractivity contribution in [3.05, 3.63) is 205 Å². The van der Waals surface area contributed by atoms with Crippen LogP contribution in [0.2, 0.25) is 0 Å². The van der Waals surface area contributed by atoms with Crippen molar-refractivity contribution in [1.29, 1.82) is 0 Å². The summed E-state index contributed by atoms with van der Waals surface area (Å²) in [6.45, 7) is 4.14. The number of amides is 2. The van der Waals surface area contributed by atoms with Gasteiger partial charge in [-0.3, -0.25) is 28.9 Å². The summed E-state index contributed by atoms with van der Waals surface area (Å²) < 4.78 is 173. The van der Waals surface area contributed by atoms with E-state index in [1.54, 1.807) is 60.3 Å². The van der Waals surface area contributed by atoms with Crippen LogP contribution in [0.5, 0.6) is 57.5 Å². The van der Waals surface area contributed by atoms with Gasteiger partial charge in [-0.2, -0.15) is 16.8 Å². The number of methoxy groups -OCH3 is 4. The van der Waals surface area contributed by atoms with Gasteiger partial charge < -0.3 is 98.9 Å². The topological polar surface area (TPSA) is 496 Å². The van der Waals surface area contributed by atoms with Crippen LogP contribution in [-0.4, -0.2) is 215 Å². The molecule has 2 fully saturated rings. The summed E-state index contributed by atoms with van der Waals surface area (Å²) in [5.74, 6) is -4.01. The van der Waals surface area contributed by atoms with Crippen LogP contribution in [0.3, 0.4) is 0 Å². The third-order valence-corrected chi connectivity index (χ3v) is 26.5. The van der Waals surface area contributed by atoms with Crippen molar-refractivity contribution in [2.24, 2.45) is 11.8 Å². The molecule has 41 heteroatoms. The standard InChI is InChI=1S/C93H102N6O32S3/c1-7-66-67-44-65(26-27-71(67)94-85-68(66)48-98-72(85)45-70-69(90(98)108)52-125-92(109)93(70,110)8-2)128-133(113,114)54-62-39-59(53-132(111,112)130-78-40-55(19-29-76(78)117-3)13-14-58-41-80(118-4)89(120-6)81(42-58)119-5)20-28-75(62)124-50-57-17-24-64(25-18-57)129-134(115,116)131-79-43-61(23-30-77(79)126-91-88(107)87(106)86(105)82(49-100)127-91)74(102)12-10-34-121-36-33-97-47-63(95-96-97)51-123-38-37-122-35-9-11-73(101)60-21-15-56(16-22-60)46-99-83(103)31-32-84(99)104/h13-14,17-20,23-32,39-45,47,56,60,82,86-88,91,100,105-107,110H,7-12,15-16,21-22,33-38,46,48-54H2,1-6H3/b14-13-/t56?,60?,82-,86+,87+,88-,91?,93+/m0/s1. The lowest BCUT2D eigenvalue weighted by molar-refractivity contribution is -0.277. The molecule has 14 rings (SSSR count). The number of hydrogen-bond acceptors (Lipinski definition) is 35. The highest BCUT2D eigenvalue weighted by molar-refractivity contribution is 7.86. The number of ether oxygens (including phenoxy) is 11. The van der Waals surface area contributed by atoms with E-state index < -0.39 is 114 Å². The number of imide groups is 1. The highest BCUT2D eigenvalue weighted by Crippen LogP contribution is 2.44. The Hall–Kier alpha value is -12.3. The van der Waals surface area contributed by atoms with Crippen LogP contribution >= 0.6 is 0 Å². The van der Waals surface area contributed by atoms with E-state index in [0.717, 1.165) is 37.8 Å². The number of hydrogen-bond donors (Lipinski definition) is 5. The van der Waals surface area contributed by atoms with E-state index in [0.29, 0.717) is 119 Å². The second-order valence-corrected chi connectivity index (χ2v) is 36.7. The maximum absolute atomic E-state index is 14.6. The fourth-order valence-corrected chi connectivity index (χ4v) is 19.3. The number of benzene rings is 6. The Morgan fingerprint density at radius 2 is 1.28 bits per heavy atom. The largest absolute Gasteiger partial charge is 0.501 e. The van der Waals surface area contributed by atoms with Crippen LogP contribution < -0.4 is 50.7 Å². The van der Waals surface area contributed by atoms with Crippen molar-refractivity contribution in [2.45, 2.75) is 159 Å². The number of nitrogens with zero attached hydrogens (tertiary/aromatic N) is 6. The number of esters is 1. The Labute approximate surface area is 771 Å². The lowest BCUT2D eigenvalue weighted by Crippen LogP contribution is -2.60. The minimum Gasteiger partial charge on any atom is -0.493 e. The molecule has 1 saturated heterocycles. The third kappa shape index (κ3) is 23.2. The van der Waals surface area contributed by atoms with E-state index in [4.69, 9.17) is 73.8 Å². The Bertz CT molecular complexity index is 6310. The number of aliphatic hydroxyl groups excluding tert-OH is 4. The highest BCUT2D eigenvalue weighted by Gasteiger charge is 2.47. The van der Waals surface area contributed by atoms with Gasteiger partial charge >= 0.3 is 36.6 Å². The molecule has 134 heavy (non-hydrogen) atoms. The van der Waals surface area contributed by atoms with Gasteiger partial charge in [0, 0.05) is 78.3 Å². The molecule has 0 radical (unpaired) electrons. The number of aryl methyl sites for hydroxylation is 1. The van der Waals surface area contributed by atoms with E-state index in [1.807, 2.05) is 6.92 Å². The van der Waals surface area contributed by atoms with E-state index in [9.17, 15) is 79.6 Å². The number of rotatable bonds is 46. The van der Waals surface area contributed by atoms with Crippen LogP contribution in [0, 0.1) is 11.8 Å². The molecule has 38 nitrogen and oxygen atoms in total. The van der Waals surface area contributed by atoms with Crippen molar-refractivity contribution < 1.29 is 144 Å². The zero-order valence-electron chi connectivity index (χ0n) is 74.0. The monoisotopic (exact) mass is 1910 g/mol. The van der Waals surface area contributed by atoms with Crippen molar-refractivity contribution in [2.75, 3.05) is 74.6 Å². The Morgan fingerprint density at radius 1 is 0.619 bits per heavy atom. The fraction of sp³-hybridized carbons (Fsp3) is 0.409. The van der Waals surface area contributed by atoms with Gasteiger partial charge in [-0.15, -0.1) is 13.5 Å². The number of carbonyl (C=O) groups is 5. The number of aromatic nitrogens is 5. The lowest BCUT2D eigenvalue weighted by atomic mass is 9.79. The highest BCUT2D eigenvalue weighted by atomic mass is 32.3. The molecule has 6 aromatic carbocycles. The van der Waals surface area contributed by atoms with Gasteiger partial charge in [0.05, 0.1) is 103 Å². The molecular weight excluding hydrogens is 1810 g/mol. The molecular formula is C93H102N6O32S3. The zero-order valence-corrected chi connectivity index (χ0v) is 76.5. The van der Waals surface area contributed by atoms with Crippen LogP contribution in [0.1, 0.15) is 138 Å². The molecule has 7 heterocycles. The zero-order chi connectivity index (χ0) is 95.3. The molecule has 1 saturated carbocycles. The van der Waals surface area contributed by atoms with E-state index >= 15 is 0 Å². The van der Waals surface area contributed by atoms with Crippen LogP contribution in [0.4, 0.5) is 0 Å². The second-order valence-electron chi connectivity index (χ2n) is 32.4. The summed E-state index contributed by atoms with van der Waals surface area (Å²) in [6, 6.07) is 26.7. The SMILES string of the molecule is CCc1c2c(nc3ccc(OS(=O)(=O)Cc4cc(CS(=O)(=O)Oc5cc(/C=C\c6cc(OC)c(OC)c(OC)c6)ccc5OC)ccc4OCc4ccc(OS(=O)(=O)Oc5cc(C(=O)CCCOCCn6cc(COCCOCCCC(=O)C7CCC(CN8C(=O)C=CC8=O)CC7)nn6)ccc5OC5O[C@@H](CO)[C@@H](O)[C@@H](O)[C@@H]5O)cc4)cc13)-c1cc3c(c(=O)n1C2)COC(=O)[C@@]3(O)CC. The number of Topliss-reactive ketones (excluding diaryl/α,β-unsaturated/α-hetero) is 2. The Kier molecular flexibility index (Phi) is 31.3. The molecule has 1 aliphatic carbocycles. The normalized spacial score (nSPS) is 19.4. The first-order valence-electron chi connectivity index (χ1n) is 43.2. The van der Waals surface area contributed by atoms with Crippen molar-refractivity contribution in [3.63, 3.8) is 0 Å². The molecule has 4 aliphatic heterocycles. The van der Waals surface area contributed by atoms with Crippen molar-refractivity contribution in [1.82, 2.24) is 29.4 Å². The number of pyridine rings is 2. The smallest absolute Gasteiger partial charge is 0.493 e. The van der Waals surface area contributed by atoms with Crippen molar-refractivity contribution >= 4 is 83.0 Å². The molecule has 5 aliphatic rings. The average molecular weight is 1910 g/mol.